The molecule has 2 N–H and O–H groups in total. The number of hydrogen-bond donors (Lipinski definition) is 1. The number of hydrogen-bond acceptors (Lipinski definition) is 2. The molecule has 5 aliphatic rings. The Morgan fingerprint density at radius 3 is 2.21 bits per heavy atom. The lowest BCUT2D eigenvalue weighted by atomic mass is 9.49. The average molecular weight is 262 g/mol. The Morgan fingerprint density at radius 1 is 1.00 bits per heavy atom. The molecule has 1 saturated heterocycles. The lowest BCUT2D eigenvalue weighted by Crippen LogP contribution is -2.50. The Balaban J connectivity index is 1.40. The largest absolute Gasteiger partial charge is 0.330 e. The van der Waals surface area contributed by atoms with Gasteiger partial charge in [-0.25, -0.2) is 0 Å². The molecule has 1 aliphatic heterocycles. The highest BCUT2D eigenvalue weighted by atomic mass is 15.2. The molecule has 2 heteroatoms. The lowest BCUT2D eigenvalue weighted by Gasteiger charge is -2.57. The van der Waals surface area contributed by atoms with Crippen molar-refractivity contribution in [2.45, 2.75) is 51.4 Å². The first-order valence-corrected chi connectivity index (χ1v) is 8.67. The van der Waals surface area contributed by atoms with Gasteiger partial charge in [0.25, 0.3) is 0 Å². The number of likely N-dealkylation sites (tertiary alicyclic amines) is 1. The Morgan fingerprint density at radius 2 is 1.63 bits per heavy atom. The van der Waals surface area contributed by atoms with Crippen LogP contribution >= 0.6 is 0 Å². The summed E-state index contributed by atoms with van der Waals surface area (Å²) in [6.45, 7) is 5.01. The van der Waals surface area contributed by atoms with Crippen LogP contribution in [0.4, 0.5) is 0 Å². The fraction of sp³-hybridized carbons (Fsp3) is 1.00. The van der Waals surface area contributed by atoms with Crippen molar-refractivity contribution >= 4 is 0 Å². The maximum atomic E-state index is 5.72. The van der Waals surface area contributed by atoms with E-state index in [2.05, 4.69) is 4.90 Å². The van der Waals surface area contributed by atoms with Gasteiger partial charge in [0.1, 0.15) is 0 Å². The van der Waals surface area contributed by atoms with Crippen LogP contribution in [0, 0.1) is 29.1 Å². The van der Waals surface area contributed by atoms with E-state index in [0.717, 1.165) is 35.6 Å². The molecule has 0 spiro atoms. The second-order valence-corrected chi connectivity index (χ2v) is 8.38. The van der Waals surface area contributed by atoms with Crippen molar-refractivity contribution < 1.29 is 0 Å². The summed E-state index contributed by atoms with van der Waals surface area (Å²) in [5.41, 5.74) is 6.47. The summed E-state index contributed by atoms with van der Waals surface area (Å²) in [4.78, 5) is 2.80. The number of rotatable bonds is 4. The van der Waals surface area contributed by atoms with Gasteiger partial charge in [-0.1, -0.05) is 0 Å². The molecule has 0 aromatic carbocycles. The molecule has 1 unspecified atom stereocenters. The molecule has 108 valence electrons. The van der Waals surface area contributed by atoms with E-state index < -0.39 is 0 Å². The molecule has 0 amide bonds. The smallest absolute Gasteiger partial charge is 0.00384 e. The molecule has 0 aromatic rings. The molecule has 0 radical (unpaired) electrons. The van der Waals surface area contributed by atoms with Crippen molar-refractivity contribution in [1.82, 2.24) is 4.90 Å². The second kappa shape index (κ2) is 4.73. The fourth-order valence-corrected chi connectivity index (χ4v) is 6.49. The van der Waals surface area contributed by atoms with Crippen LogP contribution in [-0.4, -0.2) is 31.1 Å². The third-order valence-electron chi connectivity index (χ3n) is 6.67. The molecule has 19 heavy (non-hydrogen) atoms. The van der Waals surface area contributed by atoms with Gasteiger partial charge < -0.3 is 10.6 Å². The molecule has 4 saturated carbocycles. The third kappa shape index (κ3) is 2.35. The van der Waals surface area contributed by atoms with Crippen LogP contribution in [-0.2, 0) is 0 Å². The normalized spacial score (nSPS) is 49.1. The summed E-state index contributed by atoms with van der Waals surface area (Å²) in [5, 5.41) is 0. The van der Waals surface area contributed by atoms with Crippen molar-refractivity contribution in [3.63, 3.8) is 0 Å². The van der Waals surface area contributed by atoms with Gasteiger partial charge in [-0.3, -0.25) is 0 Å². The van der Waals surface area contributed by atoms with Gasteiger partial charge >= 0.3 is 0 Å². The predicted molar refractivity (Wildman–Crippen MR) is 78.8 cm³/mol. The van der Waals surface area contributed by atoms with Crippen molar-refractivity contribution in [1.29, 1.82) is 0 Å². The Bertz CT molecular complexity index is 303. The minimum Gasteiger partial charge on any atom is -0.330 e. The molecule has 5 fully saturated rings. The summed E-state index contributed by atoms with van der Waals surface area (Å²) >= 11 is 0. The third-order valence-corrected chi connectivity index (χ3v) is 6.67. The summed E-state index contributed by atoms with van der Waals surface area (Å²) in [6, 6.07) is 0. The summed E-state index contributed by atoms with van der Waals surface area (Å²) in [7, 11) is 0. The quantitative estimate of drug-likeness (QED) is 0.844. The van der Waals surface area contributed by atoms with E-state index >= 15 is 0 Å². The molecular formula is C17H30N2. The topological polar surface area (TPSA) is 29.3 Å². The van der Waals surface area contributed by atoms with Crippen molar-refractivity contribution in [3.8, 4) is 0 Å². The maximum absolute atomic E-state index is 5.72. The molecule has 5 rings (SSSR count). The molecule has 1 atom stereocenters. The first-order valence-electron chi connectivity index (χ1n) is 8.67. The molecule has 4 aliphatic carbocycles. The fourth-order valence-electron chi connectivity index (χ4n) is 6.49. The highest BCUT2D eigenvalue weighted by Gasteiger charge is 2.51. The van der Waals surface area contributed by atoms with Crippen LogP contribution in [0.5, 0.6) is 0 Å². The van der Waals surface area contributed by atoms with Crippen molar-refractivity contribution in [3.05, 3.63) is 0 Å². The summed E-state index contributed by atoms with van der Waals surface area (Å²) < 4.78 is 0. The van der Waals surface area contributed by atoms with Gasteiger partial charge in [0.15, 0.2) is 0 Å². The minimum atomic E-state index is 0.742. The molecular weight excluding hydrogens is 232 g/mol. The highest BCUT2D eigenvalue weighted by Crippen LogP contribution is 2.60. The zero-order chi connectivity index (χ0) is 12.9. The van der Waals surface area contributed by atoms with Crippen LogP contribution < -0.4 is 5.73 Å². The highest BCUT2D eigenvalue weighted by molar-refractivity contribution is 5.03. The molecule has 1 heterocycles. The Labute approximate surface area is 118 Å². The van der Waals surface area contributed by atoms with Crippen LogP contribution in [0.2, 0.25) is 0 Å². The molecule has 2 nitrogen and oxygen atoms in total. The Kier molecular flexibility index (Phi) is 3.15. The first kappa shape index (κ1) is 12.6. The zero-order valence-electron chi connectivity index (χ0n) is 12.3. The molecule has 4 bridgehead atoms. The van der Waals surface area contributed by atoms with Gasteiger partial charge in [-0.15, -0.1) is 0 Å². The van der Waals surface area contributed by atoms with Gasteiger partial charge in [0.05, 0.1) is 0 Å². The Hall–Kier alpha value is -0.0800. The van der Waals surface area contributed by atoms with E-state index in [0.29, 0.717) is 0 Å². The van der Waals surface area contributed by atoms with Crippen LogP contribution in [0.25, 0.3) is 0 Å². The van der Waals surface area contributed by atoms with Crippen molar-refractivity contribution in [2.24, 2.45) is 34.8 Å². The van der Waals surface area contributed by atoms with Gasteiger partial charge in [0.2, 0.25) is 0 Å². The number of nitrogens with two attached hydrogens (primary N) is 1. The van der Waals surface area contributed by atoms with E-state index in [4.69, 9.17) is 5.73 Å². The van der Waals surface area contributed by atoms with Crippen LogP contribution in [0.3, 0.4) is 0 Å². The van der Waals surface area contributed by atoms with Gasteiger partial charge in [-0.05, 0) is 93.5 Å². The van der Waals surface area contributed by atoms with Crippen LogP contribution in [0.15, 0.2) is 0 Å². The van der Waals surface area contributed by atoms with Crippen molar-refractivity contribution in [2.75, 3.05) is 26.2 Å². The van der Waals surface area contributed by atoms with E-state index in [1.165, 1.54) is 32.5 Å². The summed E-state index contributed by atoms with van der Waals surface area (Å²) in [6.07, 6.45) is 12.1. The summed E-state index contributed by atoms with van der Waals surface area (Å²) in [5.74, 6) is 4.22. The minimum absolute atomic E-state index is 0.742. The van der Waals surface area contributed by atoms with E-state index in [1.54, 1.807) is 38.5 Å². The monoisotopic (exact) mass is 262 g/mol. The standard InChI is InChI=1S/C17H30N2/c18-3-1-13-2-4-19(11-13)12-17-8-14-5-15(9-17)7-16(6-14)10-17/h13-16H,1-12,18H2. The van der Waals surface area contributed by atoms with E-state index in [1.807, 2.05) is 0 Å². The lowest BCUT2D eigenvalue weighted by molar-refractivity contribution is -0.0668. The SMILES string of the molecule is NCCC1CCN(CC23CC4CC(CC(C4)C2)C3)C1. The number of nitrogens with zero attached hydrogens (tertiary/aromatic N) is 1. The van der Waals surface area contributed by atoms with E-state index in [9.17, 15) is 0 Å². The predicted octanol–water partition coefficient (Wildman–Crippen LogP) is 2.87. The first-order chi connectivity index (χ1) is 9.25. The van der Waals surface area contributed by atoms with Crippen LogP contribution in [0.1, 0.15) is 51.4 Å². The van der Waals surface area contributed by atoms with Gasteiger partial charge in [0, 0.05) is 13.1 Å². The second-order valence-electron chi connectivity index (χ2n) is 8.38. The zero-order valence-corrected chi connectivity index (χ0v) is 12.3. The maximum Gasteiger partial charge on any atom is 0.00384 e. The average Bonchev–Trinajstić information content (AvgIpc) is 2.74. The van der Waals surface area contributed by atoms with Gasteiger partial charge in [-0.2, -0.15) is 0 Å². The van der Waals surface area contributed by atoms with E-state index in [-0.39, 0.29) is 0 Å². The molecule has 0 aromatic heterocycles.